The molecule has 0 fully saturated rings. The highest BCUT2D eigenvalue weighted by Gasteiger charge is 2.16. The fourth-order valence-electron chi connectivity index (χ4n) is 2.12. The number of nitrogens with one attached hydrogen (secondary N) is 1. The summed E-state index contributed by atoms with van der Waals surface area (Å²) in [4.78, 5) is 14.1. The number of anilines is 2. The zero-order valence-electron chi connectivity index (χ0n) is 12.9. The Hall–Kier alpha value is -2.36. The quantitative estimate of drug-likeness (QED) is 0.819. The van der Waals surface area contributed by atoms with Crippen LogP contribution in [0.1, 0.15) is 18.9 Å². The second kappa shape index (κ2) is 8.32. The molecule has 1 heterocycles. The first kappa shape index (κ1) is 17.0. The van der Waals surface area contributed by atoms with E-state index in [0.717, 1.165) is 5.69 Å². The van der Waals surface area contributed by atoms with Crippen LogP contribution in [0, 0.1) is 11.3 Å². The molecule has 2 rings (SSSR count). The van der Waals surface area contributed by atoms with Gasteiger partial charge in [0.25, 0.3) is 0 Å². The number of aliphatic hydroxyl groups is 1. The highest BCUT2D eigenvalue weighted by molar-refractivity contribution is 7.14. The molecule has 0 spiro atoms. The van der Waals surface area contributed by atoms with Crippen molar-refractivity contribution in [3.8, 4) is 6.07 Å². The summed E-state index contributed by atoms with van der Waals surface area (Å²) in [6.07, 6.45) is 0.119. The first-order chi connectivity index (χ1) is 11.1. The predicted molar refractivity (Wildman–Crippen MR) is 92.6 cm³/mol. The summed E-state index contributed by atoms with van der Waals surface area (Å²) in [6.45, 7) is 2.39. The maximum Gasteiger partial charge on any atom is 0.244 e. The van der Waals surface area contributed by atoms with E-state index in [-0.39, 0.29) is 12.5 Å². The molecule has 0 aliphatic heterocycles. The molecule has 120 valence electrons. The number of para-hydroxylation sites is 1. The van der Waals surface area contributed by atoms with Gasteiger partial charge >= 0.3 is 0 Å². The van der Waals surface area contributed by atoms with Gasteiger partial charge in [0.15, 0.2) is 0 Å². The minimum Gasteiger partial charge on any atom is -0.391 e. The molecule has 1 amide bonds. The zero-order valence-corrected chi connectivity index (χ0v) is 13.7. The van der Waals surface area contributed by atoms with Crippen LogP contribution in [0.15, 0.2) is 41.8 Å². The standard InChI is InChI=1S/C17H19N3O2S/c1-2-15(21)11-20(14-6-4-3-5-7-14)12-16(22)19-17-13(10-18)8-9-23-17/h3-9,15,21H,2,11-12H2,1H3,(H,19,22). The van der Waals surface area contributed by atoms with Crippen LogP contribution in [0.25, 0.3) is 0 Å². The lowest BCUT2D eigenvalue weighted by Gasteiger charge is -2.26. The van der Waals surface area contributed by atoms with Crippen LogP contribution in [-0.2, 0) is 4.79 Å². The van der Waals surface area contributed by atoms with E-state index >= 15 is 0 Å². The molecule has 5 nitrogen and oxygen atoms in total. The third-order valence-corrected chi connectivity index (χ3v) is 4.23. The number of hydrogen-bond donors (Lipinski definition) is 2. The molecule has 2 N–H and O–H groups in total. The van der Waals surface area contributed by atoms with Crippen molar-refractivity contribution >= 4 is 27.9 Å². The van der Waals surface area contributed by atoms with Crippen LogP contribution in [0.4, 0.5) is 10.7 Å². The lowest BCUT2D eigenvalue weighted by atomic mass is 10.2. The molecule has 6 heteroatoms. The zero-order chi connectivity index (χ0) is 16.7. The molecule has 2 aromatic rings. The Bertz CT molecular complexity index is 679. The average Bonchev–Trinajstić information content (AvgIpc) is 3.01. The predicted octanol–water partition coefficient (Wildman–Crippen LogP) is 2.84. The minimum atomic E-state index is -0.501. The van der Waals surface area contributed by atoms with Gasteiger partial charge in [-0.25, -0.2) is 0 Å². The van der Waals surface area contributed by atoms with Crippen molar-refractivity contribution in [2.24, 2.45) is 0 Å². The fraction of sp³-hybridized carbons (Fsp3) is 0.294. The van der Waals surface area contributed by atoms with Crippen LogP contribution in [0.2, 0.25) is 0 Å². The van der Waals surface area contributed by atoms with Crippen LogP contribution in [0.3, 0.4) is 0 Å². The van der Waals surface area contributed by atoms with Crippen molar-refractivity contribution in [1.82, 2.24) is 0 Å². The van der Waals surface area contributed by atoms with Crippen molar-refractivity contribution in [2.45, 2.75) is 19.4 Å². The number of aliphatic hydroxyl groups excluding tert-OH is 1. The van der Waals surface area contributed by atoms with E-state index in [1.54, 1.807) is 11.4 Å². The van der Waals surface area contributed by atoms with Gasteiger partial charge in [0, 0.05) is 12.2 Å². The van der Waals surface area contributed by atoms with E-state index in [1.807, 2.05) is 48.2 Å². The molecule has 1 atom stereocenters. The Kier molecular flexibility index (Phi) is 6.15. The Morgan fingerprint density at radius 2 is 2.13 bits per heavy atom. The lowest BCUT2D eigenvalue weighted by Crippen LogP contribution is -2.38. The number of hydrogen-bond acceptors (Lipinski definition) is 5. The summed E-state index contributed by atoms with van der Waals surface area (Å²) < 4.78 is 0. The summed E-state index contributed by atoms with van der Waals surface area (Å²) in [7, 11) is 0. The molecule has 1 aromatic heterocycles. The number of nitriles is 1. The van der Waals surface area contributed by atoms with Gasteiger partial charge in [-0.15, -0.1) is 11.3 Å². The van der Waals surface area contributed by atoms with Crippen LogP contribution in [-0.4, -0.2) is 30.2 Å². The van der Waals surface area contributed by atoms with Gasteiger partial charge < -0.3 is 15.3 Å². The van der Waals surface area contributed by atoms with Crippen molar-refractivity contribution in [1.29, 1.82) is 5.26 Å². The van der Waals surface area contributed by atoms with Crippen molar-refractivity contribution in [2.75, 3.05) is 23.3 Å². The van der Waals surface area contributed by atoms with E-state index in [2.05, 4.69) is 5.32 Å². The maximum atomic E-state index is 12.3. The third kappa shape index (κ3) is 4.81. The summed E-state index contributed by atoms with van der Waals surface area (Å²) in [5, 5.41) is 24.0. The van der Waals surface area contributed by atoms with Gasteiger partial charge in [0.1, 0.15) is 11.1 Å². The summed E-state index contributed by atoms with van der Waals surface area (Å²) in [6, 6.07) is 13.2. The Morgan fingerprint density at radius 1 is 1.39 bits per heavy atom. The van der Waals surface area contributed by atoms with Gasteiger partial charge in [-0.3, -0.25) is 4.79 Å². The van der Waals surface area contributed by atoms with Gasteiger partial charge in [0.2, 0.25) is 5.91 Å². The molecule has 0 saturated heterocycles. The first-order valence-electron chi connectivity index (χ1n) is 7.39. The van der Waals surface area contributed by atoms with E-state index < -0.39 is 6.10 Å². The van der Waals surface area contributed by atoms with E-state index in [0.29, 0.717) is 23.5 Å². The Labute approximate surface area is 139 Å². The van der Waals surface area contributed by atoms with Gasteiger partial charge in [-0.05, 0) is 30.0 Å². The van der Waals surface area contributed by atoms with E-state index in [9.17, 15) is 9.90 Å². The second-order valence-corrected chi connectivity index (χ2v) is 6.02. The Balaban J connectivity index is 2.08. The molecular weight excluding hydrogens is 310 g/mol. The topological polar surface area (TPSA) is 76.4 Å². The SMILES string of the molecule is CCC(O)CN(CC(=O)Nc1sccc1C#N)c1ccccc1. The molecule has 0 aliphatic rings. The van der Waals surface area contributed by atoms with Crippen molar-refractivity contribution < 1.29 is 9.90 Å². The number of nitrogens with zero attached hydrogens (tertiary/aromatic N) is 2. The number of carbonyl (C=O) groups is 1. The van der Waals surface area contributed by atoms with Crippen LogP contribution < -0.4 is 10.2 Å². The highest BCUT2D eigenvalue weighted by Crippen LogP contribution is 2.22. The van der Waals surface area contributed by atoms with Gasteiger partial charge in [-0.2, -0.15) is 5.26 Å². The van der Waals surface area contributed by atoms with Crippen LogP contribution in [0.5, 0.6) is 0 Å². The third-order valence-electron chi connectivity index (χ3n) is 3.40. The average molecular weight is 329 g/mol. The highest BCUT2D eigenvalue weighted by atomic mass is 32.1. The minimum absolute atomic E-state index is 0.115. The Morgan fingerprint density at radius 3 is 2.78 bits per heavy atom. The number of rotatable bonds is 7. The number of carbonyl (C=O) groups excluding carboxylic acids is 1. The monoisotopic (exact) mass is 329 g/mol. The lowest BCUT2D eigenvalue weighted by molar-refractivity contribution is -0.115. The largest absolute Gasteiger partial charge is 0.391 e. The number of benzene rings is 1. The van der Waals surface area contributed by atoms with Crippen molar-refractivity contribution in [3.05, 3.63) is 47.3 Å². The van der Waals surface area contributed by atoms with Gasteiger partial charge in [-0.1, -0.05) is 25.1 Å². The molecular formula is C17H19N3O2S. The molecule has 0 aliphatic carbocycles. The summed E-state index contributed by atoms with van der Waals surface area (Å²) in [5.74, 6) is -0.212. The molecule has 23 heavy (non-hydrogen) atoms. The summed E-state index contributed by atoms with van der Waals surface area (Å²) >= 11 is 1.32. The smallest absolute Gasteiger partial charge is 0.244 e. The second-order valence-electron chi connectivity index (χ2n) is 5.10. The molecule has 0 radical (unpaired) electrons. The molecule has 0 saturated carbocycles. The van der Waals surface area contributed by atoms with Crippen molar-refractivity contribution in [3.63, 3.8) is 0 Å². The molecule has 1 aromatic carbocycles. The van der Waals surface area contributed by atoms with Crippen LogP contribution >= 0.6 is 11.3 Å². The number of thiophene rings is 1. The normalized spacial score (nSPS) is 11.5. The van der Waals surface area contributed by atoms with Gasteiger partial charge in [0.05, 0.1) is 18.2 Å². The first-order valence-corrected chi connectivity index (χ1v) is 8.27. The van der Waals surface area contributed by atoms with E-state index in [1.165, 1.54) is 11.3 Å². The summed E-state index contributed by atoms with van der Waals surface area (Å²) in [5.41, 5.74) is 1.34. The molecule has 0 bridgehead atoms. The molecule has 1 unspecified atom stereocenters. The van der Waals surface area contributed by atoms with E-state index in [4.69, 9.17) is 5.26 Å². The number of amides is 1. The fourth-order valence-corrected chi connectivity index (χ4v) is 2.87. The maximum absolute atomic E-state index is 12.3.